The van der Waals surface area contributed by atoms with Gasteiger partial charge >= 0.3 is 5.97 Å². The Morgan fingerprint density at radius 1 is 0.708 bits per heavy atom. The van der Waals surface area contributed by atoms with Crippen molar-refractivity contribution in [2.45, 2.75) is 0 Å². The third-order valence-electron chi connectivity index (χ3n) is 3.94. The molecule has 3 heteroatoms. The van der Waals surface area contributed by atoms with Crippen molar-refractivity contribution < 1.29 is 14.3 Å². The van der Waals surface area contributed by atoms with Crippen LogP contribution in [0.2, 0.25) is 0 Å². The van der Waals surface area contributed by atoms with Crippen molar-refractivity contribution in [2.75, 3.05) is 14.2 Å². The second-order valence-corrected chi connectivity index (χ2v) is 5.31. The Kier molecular flexibility index (Phi) is 4.62. The van der Waals surface area contributed by atoms with Crippen LogP contribution in [0, 0.1) is 0 Å². The molecule has 0 aliphatic carbocycles. The Morgan fingerprint density at radius 3 is 1.83 bits per heavy atom. The Morgan fingerprint density at radius 2 is 1.29 bits per heavy atom. The van der Waals surface area contributed by atoms with Gasteiger partial charge in [0, 0.05) is 0 Å². The predicted molar refractivity (Wildman–Crippen MR) is 95.2 cm³/mol. The first-order chi connectivity index (χ1) is 11.7. The third kappa shape index (κ3) is 3.01. The molecule has 3 nitrogen and oxygen atoms in total. The lowest BCUT2D eigenvalue weighted by Gasteiger charge is -2.14. The van der Waals surface area contributed by atoms with Crippen LogP contribution in [0.3, 0.4) is 0 Å². The van der Waals surface area contributed by atoms with Gasteiger partial charge in [0.2, 0.25) is 0 Å². The SMILES string of the molecule is COC(=O)c1c(-c2ccccc2)cccc1-c1ccc(OC)cc1. The summed E-state index contributed by atoms with van der Waals surface area (Å²) in [4.78, 5) is 12.5. The van der Waals surface area contributed by atoms with E-state index in [1.54, 1.807) is 7.11 Å². The monoisotopic (exact) mass is 318 g/mol. The van der Waals surface area contributed by atoms with Crippen LogP contribution >= 0.6 is 0 Å². The van der Waals surface area contributed by atoms with E-state index in [0.717, 1.165) is 28.0 Å². The van der Waals surface area contributed by atoms with Gasteiger partial charge in [0.05, 0.1) is 19.8 Å². The normalized spacial score (nSPS) is 10.2. The van der Waals surface area contributed by atoms with Crippen LogP contribution < -0.4 is 4.74 Å². The van der Waals surface area contributed by atoms with Crippen molar-refractivity contribution >= 4 is 5.97 Å². The first kappa shape index (κ1) is 15.8. The number of hydrogen-bond acceptors (Lipinski definition) is 3. The van der Waals surface area contributed by atoms with Crippen LogP contribution in [-0.4, -0.2) is 20.2 Å². The van der Waals surface area contributed by atoms with Crippen molar-refractivity contribution in [1.82, 2.24) is 0 Å². The average Bonchev–Trinajstić information content (AvgIpc) is 2.67. The average molecular weight is 318 g/mol. The third-order valence-corrected chi connectivity index (χ3v) is 3.94. The van der Waals surface area contributed by atoms with E-state index in [2.05, 4.69) is 0 Å². The van der Waals surface area contributed by atoms with Gasteiger partial charge in [-0.2, -0.15) is 0 Å². The quantitative estimate of drug-likeness (QED) is 0.647. The molecule has 0 aliphatic rings. The van der Waals surface area contributed by atoms with Gasteiger partial charge < -0.3 is 9.47 Å². The summed E-state index contributed by atoms with van der Waals surface area (Å²) in [7, 11) is 3.03. The summed E-state index contributed by atoms with van der Waals surface area (Å²) in [5.74, 6) is 0.429. The van der Waals surface area contributed by atoms with Gasteiger partial charge in [-0.25, -0.2) is 4.79 Å². The zero-order valence-corrected chi connectivity index (χ0v) is 13.7. The molecule has 0 heterocycles. The minimum atomic E-state index is -0.347. The minimum absolute atomic E-state index is 0.347. The largest absolute Gasteiger partial charge is 0.497 e. The molecule has 3 rings (SSSR count). The highest BCUT2D eigenvalue weighted by molar-refractivity contribution is 6.04. The zero-order chi connectivity index (χ0) is 16.9. The van der Waals surface area contributed by atoms with Crippen molar-refractivity contribution in [3.63, 3.8) is 0 Å². The predicted octanol–water partition coefficient (Wildman–Crippen LogP) is 4.82. The highest BCUT2D eigenvalue weighted by Gasteiger charge is 2.19. The molecule has 0 saturated heterocycles. The lowest BCUT2D eigenvalue weighted by atomic mass is 9.92. The summed E-state index contributed by atoms with van der Waals surface area (Å²) in [6.07, 6.45) is 0. The molecular weight excluding hydrogens is 300 g/mol. The Bertz CT molecular complexity index is 837. The molecule has 0 spiro atoms. The number of rotatable bonds is 4. The van der Waals surface area contributed by atoms with E-state index in [1.807, 2.05) is 72.8 Å². The van der Waals surface area contributed by atoms with Crippen LogP contribution in [0.15, 0.2) is 72.8 Å². The fourth-order valence-electron chi connectivity index (χ4n) is 2.74. The van der Waals surface area contributed by atoms with Gasteiger partial charge in [-0.1, -0.05) is 60.7 Å². The molecule has 0 aromatic heterocycles. The molecule has 0 saturated carbocycles. The van der Waals surface area contributed by atoms with E-state index >= 15 is 0 Å². The van der Waals surface area contributed by atoms with Gasteiger partial charge in [-0.3, -0.25) is 0 Å². The number of carbonyl (C=O) groups excluding carboxylic acids is 1. The maximum absolute atomic E-state index is 12.5. The summed E-state index contributed by atoms with van der Waals surface area (Å²) < 4.78 is 10.2. The number of carbonyl (C=O) groups is 1. The lowest BCUT2D eigenvalue weighted by Crippen LogP contribution is -2.06. The fourth-order valence-corrected chi connectivity index (χ4v) is 2.74. The number of esters is 1. The molecule has 0 atom stereocenters. The van der Waals surface area contributed by atoms with Gasteiger partial charge in [0.15, 0.2) is 0 Å². The first-order valence-electron chi connectivity index (χ1n) is 7.65. The number of ether oxygens (including phenoxy) is 2. The zero-order valence-electron chi connectivity index (χ0n) is 13.7. The highest BCUT2D eigenvalue weighted by atomic mass is 16.5. The van der Waals surface area contributed by atoms with Crippen LogP contribution in [0.4, 0.5) is 0 Å². The van der Waals surface area contributed by atoms with E-state index in [4.69, 9.17) is 9.47 Å². The van der Waals surface area contributed by atoms with Crippen molar-refractivity contribution in [1.29, 1.82) is 0 Å². The Hall–Kier alpha value is -3.07. The molecule has 0 N–H and O–H groups in total. The topological polar surface area (TPSA) is 35.5 Å². The molecule has 3 aromatic carbocycles. The fraction of sp³-hybridized carbons (Fsp3) is 0.0952. The maximum Gasteiger partial charge on any atom is 0.339 e. The first-order valence-corrected chi connectivity index (χ1v) is 7.65. The van der Waals surface area contributed by atoms with Gasteiger partial charge in [-0.15, -0.1) is 0 Å². The van der Waals surface area contributed by atoms with Crippen LogP contribution in [-0.2, 0) is 4.74 Å². The summed E-state index contributed by atoms with van der Waals surface area (Å²) in [6.45, 7) is 0. The molecule has 0 bridgehead atoms. The molecule has 120 valence electrons. The van der Waals surface area contributed by atoms with E-state index in [-0.39, 0.29) is 5.97 Å². The summed E-state index contributed by atoms with van der Waals surface area (Å²) in [6, 6.07) is 23.3. The van der Waals surface area contributed by atoms with Gasteiger partial charge in [0.1, 0.15) is 5.75 Å². The number of hydrogen-bond donors (Lipinski definition) is 0. The Balaban J connectivity index is 2.20. The smallest absolute Gasteiger partial charge is 0.339 e. The summed E-state index contributed by atoms with van der Waals surface area (Å²) >= 11 is 0. The molecule has 0 radical (unpaired) electrons. The second kappa shape index (κ2) is 7.01. The lowest BCUT2D eigenvalue weighted by molar-refractivity contribution is 0.0602. The molecule has 0 aliphatic heterocycles. The van der Waals surface area contributed by atoms with Crippen molar-refractivity contribution in [3.8, 4) is 28.0 Å². The molecule has 24 heavy (non-hydrogen) atoms. The van der Waals surface area contributed by atoms with Gasteiger partial charge in [-0.05, 0) is 34.4 Å². The van der Waals surface area contributed by atoms with Gasteiger partial charge in [0.25, 0.3) is 0 Å². The summed E-state index contributed by atoms with van der Waals surface area (Å²) in [5.41, 5.74) is 4.18. The number of methoxy groups -OCH3 is 2. The molecule has 3 aromatic rings. The number of benzene rings is 3. The Labute approximate surface area is 141 Å². The van der Waals surface area contributed by atoms with Crippen molar-refractivity contribution in [2.24, 2.45) is 0 Å². The van der Waals surface area contributed by atoms with E-state index in [9.17, 15) is 4.79 Å². The van der Waals surface area contributed by atoms with Crippen LogP contribution in [0.1, 0.15) is 10.4 Å². The maximum atomic E-state index is 12.5. The van der Waals surface area contributed by atoms with E-state index in [1.165, 1.54) is 7.11 Å². The summed E-state index contributed by atoms with van der Waals surface area (Å²) in [5, 5.41) is 0. The molecule has 0 fully saturated rings. The van der Waals surface area contributed by atoms with Crippen molar-refractivity contribution in [3.05, 3.63) is 78.4 Å². The van der Waals surface area contributed by atoms with Crippen LogP contribution in [0.5, 0.6) is 5.75 Å². The van der Waals surface area contributed by atoms with E-state index in [0.29, 0.717) is 5.56 Å². The minimum Gasteiger partial charge on any atom is -0.497 e. The molecule has 0 amide bonds. The molecule has 0 unspecified atom stereocenters. The van der Waals surface area contributed by atoms with E-state index < -0.39 is 0 Å². The molecular formula is C21H18O3. The highest BCUT2D eigenvalue weighted by Crippen LogP contribution is 2.33. The van der Waals surface area contributed by atoms with Crippen LogP contribution in [0.25, 0.3) is 22.3 Å². The second-order valence-electron chi connectivity index (χ2n) is 5.31. The standard InChI is InChI=1S/C21H18O3/c1-23-17-13-11-16(12-14-17)19-10-6-9-18(20(19)21(22)24-2)15-7-4-3-5-8-15/h3-14H,1-2H3.